The maximum Gasteiger partial charge on any atom is 0.282 e. The normalized spacial score (nSPS) is 14.9. The fourth-order valence-electron chi connectivity index (χ4n) is 3.05. The van der Waals surface area contributed by atoms with Crippen LogP contribution >= 0.6 is 15.9 Å². The van der Waals surface area contributed by atoms with Crippen LogP contribution in [0.2, 0.25) is 0 Å². The number of amidine groups is 1. The Hall–Kier alpha value is -3.58. The Kier molecular flexibility index (Phi) is 5.05. The van der Waals surface area contributed by atoms with Gasteiger partial charge in [-0.1, -0.05) is 58.4 Å². The van der Waals surface area contributed by atoms with Crippen LogP contribution in [0.1, 0.15) is 11.1 Å². The number of nitro groups is 1. The molecule has 3 aromatic carbocycles. The first-order valence-electron chi connectivity index (χ1n) is 8.74. The molecule has 0 N–H and O–H groups in total. The Labute approximate surface area is 175 Å². The molecule has 1 heterocycles. The first-order valence-corrected chi connectivity index (χ1v) is 9.53. The van der Waals surface area contributed by atoms with Gasteiger partial charge >= 0.3 is 0 Å². The van der Waals surface area contributed by atoms with Gasteiger partial charge in [-0.2, -0.15) is 0 Å². The van der Waals surface area contributed by atoms with Crippen LogP contribution in [-0.4, -0.2) is 16.7 Å². The van der Waals surface area contributed by atoms with E-state index in [9.17, 15) is 14.9 Å². The van der Waals surface area contributed by atoms with Crippen molar-refractivity contribution in [3.05, 3.63) is 110 Å². The maximum atomic E-state index is 13.2. The van der Waals surface area contributed by atoms with Crippen molar-refractivity contribution in [2.75, 3.05) is 4.90 Å². The number of halogens is 1. The van der Waals surface area contributed by atoms with E-state index < -0.39 is 4.92 Å². The lowest BCUT2D eigenvalue weighted by Crippen LogP contribution is -2.32. The third kappa shape index (κ3) is 3.72. The summed E-state index contributed by atoms with van der Waals surface area (Å²) in [6.07, 6.45) is 1.46. The van der Waals surface area contributed by atoms with Gasteiger partial charge in [0.25, 0.3) is 11.6 Å². The largest absolute Gasteiger partial charge is 0.282 e. The van der Waals surface area contributed by atoms with Crippen molar-refractivity contribution in [2.45, 2.75) is 0 Å². The third-order valence-corrected chi connectivity index (χ3v) is 4.93. The number of amides is 1. The van der Waals surface area contributed by atoms with Gasteiger partial charge in [0, 0.05) is 16.1 Å². The first-order chi connectivity index (χ1) is 14.0. The molecule has 0 aromatic heterocycles. The van der Waals surface area contributed by atoms with Crippen molar-refractivity contribution >= 4 is 45.1 Å². The minimum Gasteiger partial charge on any atom is -0.266 e. The zero-order valence-electron chi connectivity index (χ0n) is 15.0. The van der Waals surface area contributed by atoms with E-state index in [1.807, 2.05) is 54.6 Å². The zero-order chi connectivity index (χ0) is 20.4. The van der Waals surface area contributed by atoms with Gasteiger partial charge in [0.15, 0.2) is 0 Å². The van der Waals surface area contributed by atoms with Crippen LogP contribution in [0.4, 0.5) is 11.4 Å². The number of benzene rings is 3. The summed E-state index contributed by atoms with van der Waals surface area (Å²) >= 11 is 3.41. The molecule has 4 rings (SSSR count). The minimum absolute atomic E-state index is 0.0775. The molecular weight excluding hydrogens is 434 g/mol. The number of hydrogen-bond acceptors (Lipinski definition) is 4. The minimum atomic E-state index is -0.472. The highest BCUT2D eigenvalue weighted by Crippen LogP contribution is 2.29. The zero-order valence-corrected chi connectivity index (χ0v) is 16.6. The number of anilines is 1. The molecule has 0 atom stereocenters. The second kappa shape index (κ2) is 7.81. The molecular formula is C22H14BrN3O3. The van der Waals surface area contributed by atoms with Crippen molar-refractivity contribution in [3.63, 3.8) is 0 Å². The third-order valence-electron chi connectivity index (χ3n) is 4.40. The quantitative estimate of drug-likeness (QED) is 0.313. The second-order valence-corrected chi connectivity index (χ2v) is 7.18. The van der Waals surface area contributed by atoms with E-state index in [1.54, 1.807) is 18.2 Å². The predicted octanol–water partition coefficient (Wildman–Crippen LogP) is 5.19. The Bertz CT molecular complexity index is 1160. The van der Waals surface area contributed by atoms with Gasteiger partial charge in [-0.15, -0.1) is 0 Å². The molecule has 29 heavy (non-hydrogen) atoms. The standard InChI is InChI=1S/C22H14BrN3O3/c23-17-12-10-15(11-13-17)21-24-19(14-16-6-4-5-9-20(16)26(28)29)22(27)25(21)18-7-2-1-3-8-18/h1-14H/b19-14+. The molecule has 6 nitrogen and oxygen atoms in total. The van der Waals surface area contributed by atoms with E-state index in [0.717, 1.165) is 10.0 Å². The number of carbonyl (C=O) groups excluding carboxylic acids is 1. The summed E-state index contributed by atoms with van der Waals surface area (Å²) in [6, 6.07) is 22.9. The van der Waals surface area contributed by atoms with E-state index in [0.29, 0.717) is 17.1 Å². The second-order valence-electron chi connectivity index (χ2n) is 6.26. The number of para-hydroxylation sites is 2. The number of nitro benzene ring substituents is 1. The van der Waals surface area contributed by atoms with Crippen LogP contribution in [0.15, 0.2) is 94.0 Å². The topological polar surface area (TPSA) is 75.8 Å². The molecule has 0 unspecified atom stereocenters. The molecule has 0 radical (unpaired) electrons. The van der Waals surface area contributed by atoms with Gasteiger partial charge in [-0.05, 0) is 36.4 Å². The summed E-state index contributed by atoms with van der Waals surface area (Å²) in [5.74, 6) is 0.130. The van der Waals surface area contributed by atoms with E-state index in [-0.39, 0.29) is 17.3 Å². The maximum absolute atomic E-state index is 13.2. The highest BCUT2D eigenvalue weighted by Gasteiger charge is 2.32. The molecule has 0 bridgehead atoms. The van der Waals surface area contributed by atoms with Gasteiger partial charge in [0.2, 0.25) is 0 Å². The lowest BCUT2D eigenvalue weighted by molar-refractivity contribution is -0.385. The van der Waals surface area contributed by atoms with Gasteiger partial charge in [0.1, 0.15) is 11.5 Å². The highest BCUT2D eigenvalue weighted by molar-refractivity contribution is 9.10. The van der Waals surface area contributed by atoms with E-state index in [4.69, 9.17) is 0 Å². The Morgan fingerprint density at radius 2 is 1.59 bits per heavy atom. The average Bonchev–Trinajstić information content (AvgIpc) is 3.05. The van der Waals surface area contributed by atoms with Crippen molar-refractivity contribution in [3.8, 4) is 0 Å². The number of carbonyl (C=O) groups is 1. The Morgan fingerprint density at radius 1 is 0.931 bits per heavy atom. The average molecular weight is 448 g/mol. The number of hydrogen-bond donors (Lipinski definition) is 0. The van der Waals surface area contributed by atoms with Crippen molar-refractivity contribution in [2.24, 2.45) is 4.99 Å². The van der Waals surface area contributed by atoms with Crippen molar-refractivity contribution in [1.82, 2.24) is 0 Å². The molecule has 3 aromatic rings. The lowest BCUT2D eigenvalue weighted by Gasteiger charge is -2.18. The fourth-order valence-corrected chi connectivity index (χ4v) is 3.31. The van der Waals surface area contributed by atoms with Crippen LogP contribution in [0.3, 0.4) is 0 Å². The SMILES string of the molecule is O=C1/C(=C\c2ccccc2[N+](=O)[O-])N=C(c2ccc(Br)cc2)N1c1ccccc1. The summed E-state index contributed by atoms with van der Waals surface area (Å²) in [5, 5.41) is 11.3. The summed E-state index contributed by atoms with van der Waals surface area (Å²) in [7, 11) is 0. The van der Waals surface area contributed by atoms with Crippen LogP contribution in [-0.2, 0) is 4.79 Å². The van der Waals surface area contributed by atoms with Gasteiger partial charge in [-0.3, -0.25) is 19.8 Å². The molecule has 0 fully saturated rings. The van der Waals surface area contributed by atoms with E-state index in [2.05, 4.69) is 20.9 Å². The van der Waals surface area contributed by atoms with Crippen LogP contribution in [0.5, 0.6) is 0 Å². The van der Waals surface area contributed by atoms with Crippen molar-refractivity contribution < 1.29 is 9.72 Å². The van der Waals surface area contributed by atoms with Gasteiger partial charge < -0.3 is 0 Å². The smallest absolute Gasteiger partial charge is 0.266 e. The molecule has 1 aliphatic heterocycles. The molecule has 142 valence electrons. The molecule has 1 amide bonds. The van der Waals surface area contributed by atoms with E-state index >= 15 is 0 Å². The summed E-state index contributed by atoms with van der Waals surface area (Å²) < 4.78 is 0.910. The summed E-state index contributed by atoms with van der Waals surface area (Å²) in [6.45, 7) is 0. The van der Waals surface area contributed by atoms with Gasteiger partial charge in [0.05, 0.1) is 16.2 Å². The van der Waals surface area contributed by atoms with Crippen LogP contribution in [0.25, 0.3) is 6.08 Å². The Balaban J connectivity index is 1.85. The molecule has 7 heteroatoms. The fraction of sp³-hybridized carbons (Fsp3) is 0. The first kappa shape index (κ1) is 18.8. The molecule has 0 saturated carbocycles. The number of aliphatic imine (C=N–C) groups is 1. The molecule has 0 spiro atoms. The van der Waals surface area contributed by atoms with Gasteiger partial charge in [-0.25, -0.2) is 4.99 Å². The van der Waals surface area contributed by atoms with Crippen LogP contribution < -0.4 is 4.90 Å². The predicted molar refractivity (Wildman–Crippen MR) is 116 cm³/mol. The molecule has 0 saturated heterocycles. The molecule has 0 aliphatic carbocycles. The van der Waals surface area contributed by atoms with Crippen LogP contribution in [0, 0.1) is 10.1 Å². The lowest BCUT2D eigenvalue weighted by atomic mass is 10.1. The summed E-state index contributed by atoms with van der Waals surface area (Å²) in [4.78, 5) is 30.1. The van der Waals surface area contributed by atoms with E-state index in [1.165, 1.54) is 17.0 Å². The number of nitrogens with zero attached hydrogens (tertiary/aromatic N) is 3. The number of rotatable bonds is 4. The highest BCUT2D eigenvalue weighted by atomic mass is 79.9. The monoisotopic (exact) mass is 447 g/mol. The Morgan fingerprint density at radius 3 is 2.28 bits per heavy atom. The van der Waals surface area contributed by atoms with Crippen molar-refractivity contribution in [1.29, 1.82) is 0 Å². The molecule has 1 aliphatic rings. The summed E-state index contributed by atoms with van der Waals surface area (Å²) in [5.41, 5.74) is 1.82.